The molecule has 116 valence electrons. The van der Waals surface area contributed by atoms with Crippen molar-refractivity contribution < 1.29 is 4.39 Å². The van der Waals surface area contributed by atoms with Crippen LogP contribution < -0.4 is 10.6 Å². The number of benzene rings is 1. The van der Waals surface area contributed by atoms with Crippen molar-refractivity contribution in [3.63, 3.8) is 0 Å². The molecule has 0 aromatic heterocycles. The lowest BCUT2D eigenvalue weighted by molar-refractivity contribution is 0.297. The first-order chi connectivity index (χ1) is 10.1. The van der Waals surface area contributed by atoms with E-state index in [0.717, 1.165) is 24.0 Å². The Balaban J connectivity index is 1.92. The molecule has 1 aliphatic rings. The van der Waals surface area contributed by atoms with Gasteiger partial charge >= 0.3 is 0 Å². The van der Waals surface area contributed by atoms with Gasteiger partial charge in [0.15, 0.2) is 5.96 Å². The zero-order chi connectivity index (χ0) is 15.2. The lowest BCUT2D eigenvalue weighted by Crippen LogP contribution is -2.42. The molecule has 0 bridgehead atoms. The van der Waals surface area contributed by atoms with Crippen molar-refractivity contribution in [3.8, 4) is 0 Å². The van der Waals surface area contributed by atoms with Crippen molar-refractivity contribution >= 4 is 5.96 Å². The van der Waals surface area contributed by atoms with Gasteiger partial charge in [0.05, 0.1) is 6.04 Å². The van der Waals surface area contributed by atoms with E-state index < -0.39 is 0 Å². The molecular weight excluding hydrogens is 267 g/mol. The van der Waals surface area contributed by atoms with Gasteiger partial charge in [0.25, 0.3) is 0 Å². The van der Waals surface area contributed by atoms with E-state index in [1.54, 1.807) is 19.2 Å². The highest BCUT2D eigenvalue weighted by Gasteiger charge is 2.21. The maximum atomic E-state index is 13.4. The fourth-order valence-corrected chi connectivity index (χ4v) is 2.29. The maximum Gasteiger partial charge on any atom is 0.191 e. The van der Waals surface area contributed by atoms with Crippen molar-refractivity contribution in [2.75, 3.05) is 34.2 Å². The Morgan fingerprint density at radius 1 is 1.38 bits per heavy atom. The van der Waals surface area contributed by atoms with E-state index in [-0.39, 0.29) is 11.9 Å². The van der Waals surface area contributed by atoms with Crippen LogP contribution in [0, 0.1) is 11.7 Å². The maximum absolute atomic E-state index is 13.4. The molecule has 0 aliphatic heterocycles. The summed E-state index contributed by atoms with van der Waals surface area (Å²) in [7, 11) is 5.77. The Kier molecular flexibility index (Phi) is 5.56. The van der Waals surface area contributed by atoms with Gasteiger partial charge in [-0.25, -0.2) is 4.39 Å². The second-order valence-electron chi connectivity index (χ2n) is 5.81. The van der Waals surface area contributed by atoms with Gasteiger partial charge in [-0.05, 0) is 50.6 Å². The highest BCUT2D eigenvalue weighted by Crippen LogP contribution is 2.27. The SMILES string of the molecule is CN=C(NCC1CC1)NCC(c1cccc(F)c1)N(C)C. The van der Waals surface area contributed by atoms with Gasteiger partial charge in [-0.2, -0.15) is 0 Å². The van der Waals surface area contributed by atoms with Gasteiger partial charge in [-0.1, -0.05) is 12.1 Å². The molecule has 0 saturated heterocycles. The Labute approximate surface area is 126 Å². The fraction of sp³-hybridized carbons (Fsp3) is 0.562. The average molecular weight is 292 g/mol. The fourth-order valence-electron chi connectivity index (χ4n) is 2.29. The molecule has 2 N–H and O–H groups in total. The van der Waals surface area contributed by atoms with Gasteiger partial charge in [0, 0.05) is 20.1 Å². The summed E-state index contributed by atoms with van der Waals surface area (Å²) in [5.41, 5.74) is 0.963. The molecule has 1 atom stereocenters. The van der Waals surface area contributed by atoms with E-state index in [9.17, 15) is 4.39 Å². The number of guanidine groups is 1. The third kappa shape index (κ3) is 5.01. The summed E-state index contributed by atoms with van der Waals surface area (Å²) in [5.74, 6) is 1.41. The van der Waals surface area contributed by atoms with Crippen LogP contribution in [0.15, 0.2) is 29.3 Å². The van der Waals surface area contributed by atoms with E-state index in [4.69, 9.17) is 0 Å². The van der Waals surface area contributed by atoms with Gasteiger partial charge in [-0.3, -0.25) is 4.99 Å². The highest BCUT2D eigenvalue weighted by molar-refractivity contribution is 5.79. The minimum atomic E-state index is -0.199. The lowest BCUT2D eigenvalue weighted by Gasteiger charge is -2.26. The predicted molar refractivity (Wildman–Crippen MR) is 84.9 cm³/mol. The van der Waals surface area contributed by atoms with Crippen LogP contribution in [0.5, 0.6) is 0 Å². The molecule has 5 heteroatoms. The van der Waals surface area contributed by atoms with Crippen molar-refractivity contribution in [1.82, 2.24) is 15.5 Å². The topological polar surface area (TPSA) is 39.7 Å². The minimum absolute atomic E-state index is 0.0974. The molecule has 21 heavy (non-hydrogen) atoms. The van der Waals surface area contributed by atoms with Crippen molar-refractivity contribution in [2.45, 2.75) is 18.9 Å². The molecule has 4 nitrogen and oxygen atoms in total. The normalized spacial score (nSPS) is 16.9. The lowest BCUT2D eigenvalue weighted by atomic mass is 10.1. The van der Waals surface area contributed by atoms with Gasteiger partial charge in [-0.15, -0.1) is 0 Å². The van der Waals surface area contributed by atoms with E-state index in [1.165, 1.54) is 18.9 Å². The smallest absolute Gasteiger partial charge is 0.191 e. The zero-order valence-corrected chi connectivity index (χ0v) is 13.1. The van der Waals surface area contributed by atoms with E-state index in [2.05, 4.69) is 20.5 Å². The second-order valence-corrected chi connectivity index (χ2v) is 5.81. The summed E-state index contributed by atoms with van der Waals surface area (Å²) >= 11 is 0. The largest absolute Gasteiger partial charge is 0.356 e. The molecule has 0 amide bonds. The van der Waals surface area contributed by atoms with Crippen LogP contribution in [0.25, 0.3) is 0 Å². The molecule has 1 saturated carbocycles. The number of rotatable bonds is 6. The van der Waals surface area contributed by atoms with Crippen molar-refractivity contribution in [3.05, 3.63) is 35.6 Å². The molecule has 1 aliphatic carbocycles. The minimum Gasteiger partial charge on any atom is -0.356 e. The predicted octanol–water partition coefficient (Wildman–Crippen LogP) is 2.00. The standard InChI is InChI=1S/C16H25FN4/c1-18-16(19-10-12-7-8-12)20-11-15(21(2)3)13-5-4-6-14(17)9-13/h4-6,9,12,15H,7-8,10-11H2,1-3H3,(H2,18,19,20). The first-order valence-electron chi connectivity index (χ1n) is 7.46. The number of hydrogen-bond acceptors (Lipinski definition) is 2. The third-order valence-corrected chi connectivity index (χ3v) is 3.80. The number of nitrogens with one attached hydrogen (secondary N) is 2. The van der Waals surface area contributed by atoms with Crippen molar-refractivity contribution in [1.29, 1.82) is 0 Å². The molecule has 1 unspecified atom stereocenters. The Morgan fingerprint density at radius 3 is 2.71 bits per heavy atom. The van der Waals surface area contributed by atoms with Crippen molar-refractivity contribution in [2.24, 2.45) is 10.9 Å². The van der Waals surface area contributed by atoms with Crippen LogP contribution in [0.4, 0.5) is 4.39 Å². The highest BCUT2D eigenvalue weighted by atomic mass is 19.1. The summed E-state index contributed by atoms with van der Waals surface area (Å²) in [6.45, 7) is 1.66. The molecule has 1 fully saturated rings. The number of likely N-dealkylation sites (N-methyl/N-ethyl adjacent to an activating group) is 1. The Morgan fingerprint density at radius 2 is 2.14 bits per heavy atom. The summed E-state index contributed by atoms with van der Waals surface area (Å²) in [6.07, 6.45) is 2.63. The third-order valence-electron chi connectivity index (χ3n) is 3.80. The first kappa shape index (κ1) is 15.8. The zero-order valence-electron chi connectivity index (χ0n) is 13.1. The number of halogens is 1. The Hall–Kier alpha value is -1.62. The summed E-state index contributed by atoms with van der Waals surface area (Å²) in [6, 6.07) is 6.86. The number of hydrogen-bond donors (Lipinski definition) is 2. The van der Waals surface area contributed by atoms with E-state index >= 15 is 0 Å². The molecule has 1 aromatic rings. The molecule has 0 radical (unpaired) electrons. The van der Waals surface area contributed by atoms with E-state index in [0.29, 0.717) is 6.54 Å². The van der Waals surface area contributed by atoms with Crippen LogP contribution in [-0.2, 0) is 0 Å². The van der Waals surface area contributed by atoms with Crippen LogP contribution in [0.2, 0.25) is 0 Å². The van der Waals surface area contributed by atoms with Crippen LogP contribution >= 0.6 is 0 Å². The van der Waals surface area contributed by atoms with E-state index in [1.807, 2.05) is 20.2 Å². The average Bonchev–Trinajstić information content (AvgIpc) is 3.26. The van der Waals surface area contributed by atoms with Crippen LogP contribution in [0.3, 0.4) is 0 Å². The molecule has 0 spiro atoms. The summed E-state index contributed by atoms with van der Waals surface area (Å²) in [4.78, 5) is 6.31. The van der Waals surface area contributed by atoms with Gasteiger partial charge < -0.3 is 15.5 Å². The monoisotopic (exact) mass is 292 g/mol. The summed E-state index contributed by atoms with van der Waals surface area (Å²) in [5, 5.41) is 6.66. The first-order valence-corrected chi connectivity index (χ1v) is 7.46. The van der Waals surface area contributed by atoms with Crippen LogP contribution in [0.1, 0.15) is 24.4 Å². The number of nitrogens with zero attached hydrogens (tertiary/aromatic N) is 2. The summed E-state index contributed by atoms with van der Waals surface area (Å²) < 4.78 is 13.4. The number of aliphatic imine (C=N–C) groups is 1. The molecule has 2 rings (SSSR count). The Bertz CT molecular complexity index is 483. The molecular formula is C16H25FN4. The van der Waals surface area contributed by atoms with Gasteiger partial charge in [0.2, 0.25) is 0 Å². The van der Waals surface area contributed by atoms with Gasteiger partial charge in [0.1, 0.15) is 5.82 Å². The molecule has 1 aromatic carbocycles. The van der Waals surface area contributed by atoms with Crippen LogP contribution in [-0.4, -0.2) is 45.1 Å². The molecule has 0 heterocycles. The second kappa shape index (κ2) is 7.41. The quantitative estimate of drug-likeness (QED) is 0.622.